The van der Waals surface area contributed by atoms with Gasteiger partial charge in [0.25, 0.3) is 0 Å². The van der Waals surface area contributed by atoms with E-state index in [2.05, 4.69) is 0 Å². The topological polar surface area (TPSA) is 44.8 Å². The Kier molecular flexibility index (Phi) is 6.58. The highest BCUT2D eigenvalue weighted by Gasteiger charge is 1.96. The second-order valence-electron chi connectivity index (χ2n) is 3.52. The van der Waals surface area contributed by atoms with Crippen molar-refractivity contribution in [2.75, 3.05) is 20.3 Å². The monoisotopic (exact) mass is 250 g/mol. The van der Waals surface area contributed by atoms with Gasteiger partial charge >= 0.3 is 5.97 Å². The molecule has 0 saturated carbocycles. The van der Waals surface area contributed by atoms with Crippen LogP contribution >= 0.6 is 0 Å². The lowest BCUT2D eigenvalue weighted by atomic mass is 10.2. The number of esters is 1. The van der Waals surface area contributed by atoms with Crippen LogP contribution in [0.2, 0.25) is 0 Å². The molecule has 4 nitrogen and oxygen atoms in total. The third-order valence-electron chi connectivity index (χ3n) is 2.16. The van der Waals surface area contributed by atoms with Crippen molar-refractivity contribution in [2.24, 2.45) is 0 Å². The molecule has 0 saturated heterocycles. The summed E-state index contributed by atoms with van der Waals surface area (Å²) < 4.78 is 15.2. The molecule has 0 aliphatic heterocycles. The third kappa shape index (κ3) is 5.50. The molecule has 0 aliphatic carbocycles. The number of hydrogen-bond acceptors (Lipinski definition) is 4. The van der Waals surface area contributed by atoms with Gasteiger partial charge in [0, 0.05) is 6.08 Å². The summed E-state index contributed by atoms with van der Waals surface area (Å²) in [6, 6.07) is 7.66. The van der Waals surface area contributed by atoms with E-state index in [0.29, 0.717) is 19.8 Å². The van der Waals surface area contributed by atoms with Gasteiger partial charge in [0.2, 0.25) is 0 Å². The van der Waals surface area contributed by atoms with Crippen LogP contribution in [0.3, 0.4) is 0 Å². The van der Waals surface area contributed by atoms with Crippen LogP contribution in [-0.2, 0) is 20.9 Å². The van der Waals surface area contributed by atoms with Crippen LogP contribution in [0, 0.1) is 0 Å². The largest absolute Gasteiger partial charge is 0.497 e. The second-order valence-corrected chi connectivity index (χ2v) is 3.52. The fourth-order valence-electron chi connectivity index (χ4n) is 1.34. The molecule has 1 rings (SSSR count). The molecule has 0 atom stereocenters. The van der Waals surface area contributed by atoms with Gasteiger partial charge in [-0.1, -0.05) is 18.2 Å². The van der Waals surface area contributed by atoms with E-state index in [0.717, 1.165) is 11.3 Å². The minimum Gasteiger partial charge on any atom is -0.497 e. The molecule has 0 fully saturated rings. The third-order valence-corrected chi connectivity index (χ3v) is 2.16. The summed E-state index contributed by atoms with van der Waals surface area (Å²) in [6.45, 7) is 3.00. The van der Waals surface area contributed by atoms with Crippen molar-refractivity contribution >= 4 is 5.97 Å². The van der Waals surface area contributed by atoms with Gasteiger partial charge in [0.05, 0.1) is 26.9 Å². The molecule has 0 radical (unpaired) electrons. The van der Waals surface area contributed by atoms with Crippen molar-refractivity contribution in [1.82, 2.24) is 0 Å². The van der Waals surface area contributed by atoms with Crippen LogP contribution < -0.4 is 4.74 Å². The molecule has 0 unspecified atom stereocenters. The zero-order valence-electron chi connectivity index (χ0n) is 10.7. The molecule has 0 aromatic heterocycles. The first-order chi connectivity index (χ1) is 8.76. The first-order valence-corrected chi connectivity index (χ1v) is 5.80. The molecule has 98 valence electrons. The molecule has 1 aromatic carbocycles. The van der Waals surface area contributed by atoms with Crippen molar-refractivity contribution in [3.63, 3.8) is 0 Å². The first-order valence-electron chi connectivity index (χ1n) is 5.80. The second kappa shape index (κ2) is 8.31. The molecule has 0 spiro atoms. The summed E-state index contributed by atoms with van der Waals surface area (Å²) in [4.78, 5) is 11.0. The lowest BCUT2D eigenvalue weighted by Gasteiger charge is -2.04. The maximum atomic E-state index is 11.0. The van der Waals surface area contributed by atoms with Gasteiger partial charge in [0.15, 0.2) is 0 Å². The van der Waals surface area contributed by atoms with Crippen LogP contribution in [0.25, 0.3) is 0 Å². The van der Waals surface area contributed by atoms with Gasteiger partial charge < -0.3 is 14.2 Å². The Bertz CT molecular complexity index is 399. The zero-order chi connectivity index (χ0) is 13.2. The fourth-order valence-corrected chi connectivity index (χ4v) is 1.34. The zero-order valence-corrected chi connectivity index (χ0v) is 10.7. The molecule has 0 bridgehead atoms. The summed E-state index contributed by atoms with van der Waals surface area (Å²) >= 11 is 0. The molecule has 0 N–H and O–H groups in total. The normalized spacial score (nSPS) is 10.6. The van der Waals surface area contributed by atoms with Gasteiger partial charge in [-0.15, -0.1) is 0 Å². The summed E-state index contributed by atoms with van der Waals surface area (Å²) in [6.07, 6.45) is 3.01. The number of rotatable bonds is 7. The van der Waals surface area contributed by atoms with E-state index in [9.17, 15) is 4.79 Å². The summed E-state index contributed by atoms with van der Waals surface area (Å²) in [5, 5.41) is 0. The van der Waals surface area contributed by atoms with Crippen LogP contribution in [0.5, 0.6) is 5.75 Å². The van der Waals surface area contributed by atoms with Gasteiger partial charge in [-0.2, -0.15) is 0 Å². The van der Waals surface area contributed by atoms with Crippen molar-refractivity contribution in [3.05, 3.63) is 42.0 Å². The van der Waals surface area contributed by atoms with Crippen LogP contribution in [0.15, 0.2) is 36.4 Å². The smallest absolute Gasteiger partial charge is 0.330 e. The Morgan fingerprint density at radius 2 is 2.22 bits per heavy atom. The predicted molar refractivity (Wildman–Crippen MR) is 68.4 cm³/mol. The van der Waals surface area contributed by atoms with E-state index < -0.39 is 0 Å². The van der Waals surface area contributed by atoms with E-state index in [-0.39, 0.29) is 5.97 Å². The summed E-state index contributed by atoms with van der Waals surface area (Å²) in [7, 11) is 1.63. The predicted octanol–water partition coefficient (Wildman–Crippen LogP) is 2.33. The fraction of sp³-hybridized carbons (Fsp3) is 0.357. The van der Waals surface area contributed by atoms with Crippen molar-refractivity contribution in [3.8, 4) is 5.75 Å². The number of methoxy groups -OCH3 is 1. The Hall–Kier alpha value is -1.81. The van der Waals surface area contributed by atoms with Gasteiger partial charge in [-0.3, -0.25) is 0 Å². The minimum absolute atomic E-state index is 0.345. The van der Waals surface area contributed by atoms with E-state index in [1.54, 1.807) is 20.1 Å². The molecule has 0 heterocycles. The van der Waals surface area contributed by atoms with Crippen LogP contribution in [0.4, 0.5) is 0 Å². The quantitative estimate of drug-likeness (QED) is 0.423. The standard InChI is InChI=1S/C14H18O4/c1-3-18-14(15)8-5-9-17-11-12-6-4-7-13(10-12)16-2/h4-8,10H,3,9,11H2,1-2H3/b8-5+. The van der Waals surface area contributed by atoms with E-state index in [1.807, 2.05) is 24.3 Å². The first kappa shape index (κ1) is 14.3. The van der Waals surface area contributed by atoms with Crippen LogP contribution in [0.1, 0.15) is 12.5 Å². The lowest BCUT2D eigenvalue weighted by Crippen LogP contribution is -2.00. The lowest BCUT2D eigenvalue weighted by molar-refractivity contribution is -0.137. The Labute approximate surface area is 107 Å². The molecule has 0 amide bonds. The number of ether oxygens (including phenoxy) is 3. The Morgan fingerprint density at radius 3 is 2.94 bits per heavy atom. The molecular weight excluding hydrogens is 232 g/mol. The molecule has 0 aliphatic rings. The van der Waals surface area contributed by atoms with Crippen LogP contribution in [-0.4, -0.2) is 26.3 Å². The summed E-state index contributed by atoms with van der Waals surface area (Å²) in [5.74, 6) is 0.459. The minimum atomic E-state index is -0.345. The highest BCUT2D eigenvalue weighted by molar-refractivity contribution is 5.81. The van der Waals surface area contributed by atoms with Gasteiger partial charge in [0.1, 0.15) is 5.75 Å². The van der Waals surface area contributed by atoms with E-state index >= 15 is 0 Å². The Balaban J connectivity index is 2.27. The molecular formula is C14H18O4. The van der Waals surface area contributed by atoms with E-state index in [4.69, 9.17) is 14.2 Å². The number of hydrogen-bond donors (Lipinski definition) is 0. The van der Waals surface area contributed by atoms with E-state index in [1.165, 1.54) is 6.08 Å². The highest BCUT2D eigenvalue weighted by Crippen LogP contribution is 2.13. The average Bonchev–Trinajstić information content (AvgIpc) is 2.39. The number of carbonyl (C=O) groups is 1. The number of carbonyl (C=O) groups excluding carboxylic acids is 1. The Morgan fingerprint density at radius 1 is 1.39 bits per heavy atom. The highest BCUT2D eigenvalue weighted by atomic mass is 16.5. The number of benzene rings is 1. The molecule has 18 heavy (non-hydrogen) atoms. The van der Waals surface area contributed by atoms with Crippen molar-refractivity contribution < 1.29 is 19.0 Å². The average molecular weight is 250 g/mol. The SMILES string of the molecule is CCOC(=O)/C=C/COCc1cccc(OC)c1. The van der Waals surface area contributed by atoms with Gasteiger partial charge in [-0.05, 0) is 24.6 Å². The molecule has 1 aromatic rings. The van der Waals surface area contributed by atoms with Crippen molar-refractivity contribution in [1.29, 1.82) is 0 Å². The maximum Gasteiger partial charge on any atom is 0.330 e. The van der Waals surface area contributed by atoms with Crippen molar-refractivity contribution in [2.45, 2.75) is 13.5 Å². The maximum absolute atomic E-state index is 11.0. The molecule has 4 heteroatoms. The summed E-state index contributed by atoms with van der Waals surface area (Å²) in [5.41, 5.74) is 1.03. The van der Waals surface area contributed by atoms with Gasteiger partial charge in [-0.25, -0.2) is 4.79 Å².